The molecular weight excluding hydrogens is 279 g/mol. The molecule has 2 nitrogen and oxygen atoms in total. The molecule has 118 valence electrons. The van der Waals surface area contributed by atoms with Crippen molar-refractivity contribution < 1.29 is 17.9 Å². The Bertz CT molecular complexity index is 453. The largest absolute Gasteiger partial charge is 0.497 e. The number of halogens is 3. The second kappa shape index (κ2) is 6.69. The van der Waals surface area contributed by atoms with Gasteiger partial charge in [0.2, 0.25) is 0 Å². The van der Waals surface area contributed by atoms with Crippen molar-refractivity contribution in [2.24, 2.45) is 5.92 Å². The molecule has 1 aliphatic rings. The molecule has 0 aromatic heterocycles. The Balaban J connectivity index is 1.88. The molecule has 2 rings (SSSR count). The van der Waals surface area contributed by atoms with Gasteiger partial charge in [-0.3, -0.25) is 0 Å². The average Bonchev–Trinajstić information content (AvgIpc) is 2.47. The van der Waals surface area contributed by atoms with Crippen molar-refractivity contribution in [2.45, 2.75) is 50.9 Å². The van der Waals surface area contributed by atoms with Crippen LogP contribution in [0.1, 0.15) is 44.2 Å². The summed E-state index contributed by atoms with van der Waals surface area (Å²) in [6.07, 6.45) is -2.42. The Hall–Kier alpha value is -1.23. The van der Waals surface area contributed by atoms with Gasteiger partial charge in [0.25, 0.3) is 0 Å². The summed E-state index contributed by atoms with van der Waals surface area (Å²) in [6, 6.07) is 8.02. The standard InChI is InChI=1S/C16H22F3NO/c1-11(12-4-3-5-15(10-12)21-2)20-14-8-6-13(7-9-14)16(17,18)19/h3-5,10-11,13-14,20H,6-9H2,1-2H3. The molecule has 1 saturated carbocycles. The van der Waals surface area contributed by atoms with E-state index in [1.807, 2.05) is 31.2 Å². The average molecular weight is 301 g/mol. The molecule has 5 heteroatoms. The number of ether oxygens (including phenoxy) is 1. The van der Waals surface area contributed by atoms with Gasteiger partial charge in [-0.1, -0.05) is 12.1 Å². The summed E-state index contributed by atoms with van der Waals surface area (Å²) in [7, 11) is 1.62. The number of benzene rings is 1. The molecule has 1 aromatic carbocycles. The number of hydrogen-bond acceptors (Lipinski definition) is 2. The van der Waals surface area contributed by atoms with Gasteiger partial charge >= 0.3 is 6.18 Å². The first-order valence-electron chi connectivity index (χ1n) is 7.37. The van der Waals surface area contributed by atoms with Crippen LogP contribution in [0.4, 0.5) is 13.2 Å². The first-order chi connectivity index (χ1) is 9.90. The topological polar surface area (TPSA) is 21.3 Å². The Morgan fingerprint density at radius 3 is 2.43 bits per heavy atom. The molecule has 0 bridgehead atoms. The van der Waals surface area contributed by atoms with Crippen LogP contribution in [0.5, 0.6) is 5.75 Å². The summed E-state index contributed by atoms with van der Waals surface area (Å²) >= 11 is 0. The van der Waals surface area contributed by atoms with E-state index in [1.165, 1.54) is 0 Å². The maximum atomic E-state index is 12.6. The Morgan fingerprint density at radius 2 is 1.86 bits per heavy atom. The minimum atomic E-state index is -4.04. The molecule has 1 N–H and O–H groups in total. The monoisotopic (exact) mass is 301 g/mol. The van der Waals surface area contributed by atoms with Crippen LogP contribution in [-0.2, 0) is 0 Å². The number of hydrogen-bond donors (Lipinski definition) is 1. The maximum absolute atomic E-state index is 12.6. The van der Waals surface area contributed by atoms with E-state index in [9.17, 15) is 13.2 Å². The van der Waals surface area contributed by atoms with Crippen molar-refractivity contribution in [3.8, 4) is 5.75 Å². The first kappa shape index (κ1) is 16.1. The molecule has 21 heavy (non-hydrogen) atoms. The molecule has 0 saturated heterocycles. The van der Waals surface area contributed by atoms with Crippen LogP contribution < -0.4 is 10.1 Å². The third-order valence-corrected chi connectivity index (χ3v) is 4.27. The first-order valence-corrected chi connectivity index (χ1v) is 7.37. The van der Waals surface area contributed by atoms with E-state index in [4.69, 9.17) is 4.74 Å². The molecule has 0 heterocycles. The molecule has 1 fully saturated rings. The molecule has 1 atom stereocenters. The zero-order valence-corrected chi connectivity index (χ0v) is 12.4. The van der Waals surface area contributed by atoms with E-state index in [0.29, 0.717) is 12.8 Å². The van der Waals surface area contributed by atoms with Crippen molar-refractivity contribution >= 4 is 0 Å². The predicted octanol–water partition coefficient (Wildman–Crippen LogP) is 4.47. The number of methoxy groups -OCH3 is 1. The van der Waals surface area contributed by atoms with Gasteiger partial charge < -0.3 is 10.1 Å². The van der Waals surface area contributed by atoms with Gasteiger partial charge in [-0.2, -0.15) is 13.2 Å². The van der Waals surface area contributed by atoms with Crippen LogP contribution in [-0.4, -0.2) is 19.3 Å². The van der Waals surface area contributed by atoms with Crippen molar-refractivity contribution in [1.29, 1.82) is 0 Å². The Morgan fingerprint density at radius 1 is 1.19 bits per heavy atom. The SMILES string of the molecule is COc1cccc(C(C)NC2CCC(C(F)(F)F)CC2)c1. The lowest BCUT2D eigenvalue weighted by Gasteiger charge is -2.32. The normalized spacial score (nSPS) is 24.6. The highest BCUT2D eigenvalue weighted by Gasteiger charge is 2.41. The minimum Gasteiger partial charge on any atom is -0.497 e. The summed E-state index contributed by atoms with van der Waals surface area (Å²) in [6.45, 7) is 2.03. The molecular formula is C16H22F3NO. The highest BCUT2D eigenvalue weighted by Crippen LogP contribution is 2.37. The van der Waals surface area contributed by atoms with Gasteiger partial charge in [0.15, 0.2) is 0 Å². The Labute approximate surface area is 123 Å². The number of alkyl halides is 3. The molecule has 0 aliphatic heterocycles. The van der Waals surface area contributed by atoms with Gasteiger partial charge in [0.1, 0.15) is 5.75 Å². The van der Waals surface area contributed by atoms with Crippen LogP contribution in [0.15, 0.2) is 24.3 Å². The van der Waals surface area contributed by atoms with E-state index in [1.54, 1.807) is 7.11 Å². The fourth-order valence-electron chi connectivity index (χ4n) is 2.95. The van der Waals surface area contributed by atoms with Crippen molar-refractivity contribution in [3.05, 3.63) is 29.8 Å². The fourth-order valence-corrected chi connectivity index (χ4v) is 2.95. The minimum absolute atomic E-state index is 0.104. The van der Waals surface area contributed by atoms with Crippen LogP contribution in [0.25, 0.3) is 0 Å². The fraction of sp³-hybridized carbons (Fsp3) is 0.625. The molecule has 0 radical (unpaired) electrons. The second-order valence-corrected chi connectivity index (χ2v) is 5.76. The highest BCUT2D eigenvalue weighted by molar-refractivity contribution is 5.30. The summed E-state index contributed by atoms with van der Waals surface area (Å²) < 4.78 is 43.1. The number of nitrogens with one attached hydrogen (secondary N) is 1. The van der Waals surface area contributed by atoms with Crippen LogP contribution in [0.3, 0.4) is 0 Å². The van der Waals surface area contributed by atoms with Crippen molar-refractivity contribution in [2.75, 3.05) is 7.11 Å². The molecule has 1 aliphatic carbocycles. The highest BCUT2D eigenvalue weighted by atomic mass is 19.4. The molecule has 0 amide bonds. The zero-order chi connectivity index (χ0) is 15.5. The van der Waals surface area contributed by atoms with E-state index < -0.39 is 12.1 Å². The van der Waals surface area contributed by atoms with E-state index in [0.717, 1.165) is 11.3 Å². The van der Waals surface area contributed by atoms with Crippen LogP contribution in [0, 0.1) is 5.92 Å². The van der Waals surface area contributed by atoms with Crippen LogP contribution >= 0.6 is 0 Å². The zero-order valence-electron chi connectivity index (χ0n) is 12.4. The van der Waals surface area contributed by atoms with E-state index in [2.05, 4.69) is 5.32 Å². The second-order valence-electron chi connectivity index (χ2n) is 5.76. The lowest BCUT2D eigenvalue weighted by atomic mass is 9.85. The number of rotatable bonds is 4. The third-order valence-electron chi connectivity index (χ3n) is 4.27. The summed E-state index contributed by atoms with van der Waals surface area (Å²) in [5, 5.41) is 3.44. The van der Waals surface area contributed by atoms with E-state index in [-0.39, 0.29) is 24.9 Å². The Kier molecular flexibility index (Phi) is 5.14. The molecule has 1 aromatic rings. The summed E-state index contributed by atoms with van der Waals surface area (Å²) in [5.74, 6) is -0.329. The quantitative estimate of drug-likeness (QED) is 0.886. The molecule has 0 spiro atoms. The smallest absolute Gasteiger partial charge is 0.391 e. The van der Waals surface area contributed by atoms with Gasteiger partial charge in [-0.15, -0.1) is 0 Å². The van der Waals surface area contributed by atoms with Gasteiger partial charge in [0, 0.05) is 12.1 Å². The molecule has 1 unspecified atom stereocenters. The van der Waals surface area contributed by atoms with Gasteiger partial charge in [-0.05, 0) is 50.3 Å². The van der Waals surface area contributed by atoms with Crippen molar-refractivity contribution in [3.63, 3.8) is 0 Å². The maximum Gasteiger partial charge on any atom is 0.391 e. The lowest BCUT2D eigenvalue weighted by molar-refractivity contribution is -0.182. The van der Waals surface area contributed by atoms with Gasteiger partial charge in [-0.25, -0.2) is 0 Å². The summed E-state index contributed by atoms with van der Waals surface area (Å²) in [5.41, 5.74) is 1.09. The van der Waals surface area contributed by atoms with Crippen LogP contribution in [0.2, 0.25) is 0 Å². The summed E-state index contributed by atoms with van der Waals surface area (Å²) in [4.78, 5) is 0. The third kappa shape index (κ3) is 4.37. The van der Waals surface area contributed by atoms with Crippen molar-refractivity contribution in [1.82, 2.24) is 5.32 Å². The predicted molar refractivity (Wildman–Crippen MR) is 76.3 cm³/mol. The lowest BCUT2D eigenvalue weighted by Crippen LogP contribution is -2.38. The van der Waals surface area contributed by atoms with Gasteiger partial charge in [0.05, 0.1) is 13.0 Å². The van der Waals surface area contributed by atoms with E-state index >= 15 is 0 Å².